The zero-order chi connectivity index (χ0) is 22.0. The van der Waals surface area contributed by atoms with E-state index in [0.29, 0.717) is 21.8 Å². The van der Waals surface area contributed by atoms with Gasteiger partial charge in [-0.2, -0.15) is 0 Å². The van der Waals surface area contributed by atoms with Crippen molar-refractivity contribution in [3.63, 3.8) is 0 Å². The number of hydrogen-bond acceptors (Lipinski definition) is 7. The lowest BCUT2D eigenvalue weighted by molar-refractivity contribution is 0.251. The first kappa shape index (κ1) is 20.6. The fourth-order valence-corrected chi connectivity index (χ4v) is 3.89. The van der Waals surface area contributed by atoms with Crippen molar-refractivity contribution in [2.45, 2.75) is 6.54 Å². The van der Waals surface area contributed by atoms with Crippen LogP contribution < -0.4 is 27.2 Å². The number of rotatable bonds is 5. The van der Waals surface area contributed by atoms with Gasteiger partial charge in [-0.15, -0.1) is 21.5 Å². The number of aromatic nitrogens is 4. The molecule has 0 saturated carbocycles. The number of thiophene rings is 1. The molecule has 4 rings (SSSR count). The Balaban J connectivity index is 1.52. The second kappa shape index (κ2) is 8.58. The topological polar surface area (TPSA) is 134 Å². The molecular weight excluding hydrogens is 442 g/mol. The van der Waals surface area contributed by atoms with E-state index in [1.807, 2.05) is 6.07 Å². The number of carbonyl (C=O) groups excluding carboxylic acids is 1. The monoisotopic (exact) mass is 457 g/mol. The Kier molecular flexibility index (Phi) is 5.69. The molecular formula is C19H16ClN7O3S. The van der Waals surface area contributed by atoms with E-state index in [9.17, 15) is 14.4 Å². The molecule has 0 fully saturated rings. The van der Waals surface area contributed by atoms with Gasteiger partial charge in [-0.05, 0) is 42.5 Å². The number of nitrogens with zero attached hydrogens (tertiary/aromatic N) is 3. The van der Waals surface area contributed by atoms with E-state index < -0.39 is 17.3 Å². The van der Waals surface area contributed by atoms with E-state index >= 15 is 0 Å². The Morgan fingerprint density at radius 1 is 1.16 bits per heavy atom. The normalized spacial score (nSPS) is 10.8. The standard InChI is InChI=1S/C19H16ClN7O3S/c1-21-10-2-4-12-13(8-10)23-19(30)27(17(12)28)16-7-6-15(25-26-16)24-18(29)22-9-11-3-5-14(20)31-11/h2-8,21H,9H2,1H3,(H,23,30)(H2,22,24,25,29). The Hall–Kier alpha value is -3.70. The summed E-state index contributed by atoms with van der Waals surface area (Å²) in [5, 5.41) is 16.3. The number of halogens is 1. The van der Waals surface area contributed by atoms with Gasteiger partial charge in [0.15, 0.2) is 11.6 Å². The van der Waals surface area contributed by atoms with E-state index in [2.05, 4.69) is 31.1 Å². The number of amides is 2. The first-order chi connectivity index (χ1) is 14.9. The molecule has 0 aliphatic carbocycles. The van der Waals surface area contributed by atoms with Gasteiger partial charge in [0.1, 0.15) is 0 Å². The minimum atomic E-state index is -0.645. The second-order valence-electron chi connectivity index (χ2n) is 6.37. The SMILES string of the molecule is CNc1ccc2c(=O)n(-c3ccc(NC(=O)NCc4ccc(Cl)s4)nn3)c(=O)[nH]c2c1. The number of fused-ring (bicyclic) bond motifs is 1. The number of benzene rings is 1. The summed E-state index contributed by atoms with van der Waals surface area (Å²) in [5.41, 5.74) is 0.000828. The third-order valence-corrected chi connectivity index (χ3v) is 5.59. The van der Waals surface area contributed by atoms with Crippen LogP contribution in [0.1, 0.15) is 4.88 Å². The van der Waals surface area contributed by atoms with Crippen LogP contribution in [0, 0.1) is 0 Å². The highest BCUT2D eigenvalue weighted by Crippen LogP contribution is 2.21. The van der Waals surface area contributed by atoms with Crippen molar-refractivity contribution in [3.8, 4) is 5.82 Å². The Morgan fingerprint density at radius 2 is 2.00 bits per heavy atom. The largest absolute Gasteiger partial charge is 0.388 e. The molecule has 0 atom stereocenters. The van der Waals surface area contributed by atoms with Gasteiger partial charge >= 0.3 is 11.7 Å². The predicted octanol–water partition coefficient (Wildman–Crippen LogP) is 2.55. The third-order valence-electron chi connectivity index (χ3n) is 4.36. The molecule has 4 aromatic rings. The van der Waals surface area contributed by atoms with Crippen molar-refractivity contribution < 1.29 is 4.79 Å². The summed E-state index contributed by atoms with van der Waals surface area (Å²) < 4.78 is 1.53. The van der Waals surface area contributed by atoms with E-state index in [-0.39, 0.29) is 11.6 Å². The van der Waals surface area contributed by atoms with Crippen LogP contribution in [0.15, 0.2) is 52.1 Å². The fourth-order valence-electron chi connectivity index (χ4n) is 2.87. The fraction of sp³-hybridized carbons (Fsp3) is 0.105. The molecule has 3 heterocycles. The van der Waals surface area contributed by atoms with Crippen LogP contribution in [0.3, 0.4) is 0 Å². The number of hydrogen-bond donors (Lipinski definition) is 4. The molecule has 0 saturated heterocycles. The highest BCUT2D eigenvalue weighted by atomic mass is 35.5. The quantitative estimate of drug-likeness (QED) is 0.364. The van der Waals surface area contributed by atoms with Crippen molar-refractivity contribution >= 4 is 51.4 Å². The summed E-state index contributed by atoms with van der Waals surface area (Å²) in [4.78, 5) is 40.9. The molecule has 10 nitrogen and oxygen atoms in total. The highest BCUT2D eigenvalue weighted by molar-refractivity contribution is 7.16. The Morgan fingerprint density at radius 3 is 2.68 bits per heavy atom. The summed E-state index contributed by atoms with van der Waals surface area (Å²) in [6.07, 6.45) is 0. The van der Waals surface area contributed by atoms with Crippen LogP contribution in [0.2, 0.25) is 4.34 Å². The maximum Gasteiger partial charge on any atom is 0.334 e. The Labute approximate surface area is 183 Å². The minimum absolute atomic E-state index is 0.0324. The number of anilines is 2. The molecule has 2 amide bonds. The molecule has 4 N–H and O–H groups in total. The van der Waals surface area contributed by atoms with Crippen molar-refractivity contribution in [3.05, 3.63) is 72.5 Å². The van der Waals surface area contributed by atoms with Crippen LogP contribution in [-0.4, -0.2) is 32.8 Å². The highest BCUT2D eigenvalue weighted by Gasteiger charge is 2.12. The predicted molar refractivity (Wildman–Crippen MR) is 120 cm³/mol. The van der Waals surface area contributed by atoms with Crippen LogP contribution >= 0.6 is 22.9 Å². The van der Waals surface area contributed by atoms with Crippen molar-refractivity contribution in [1.29, 1.82) is 0 Å². The van der Waals surface area contributed by atoms with Gasteiger partial charge in [0, 0.05) is 17.6 Å². The van der Waals surface area contributed by atoms with Crippen molar-refractivity contribution in [1.82, 2.24) is 25.1 Å². The number of carbonyl (C=O) groups is 1. The van der Waals surface area contributed by atoms with Gasteiger partial charge in [-0.25, -0.2) is 14.2 Å². The number of H-pyrrole nitrogens is 1. The van der Waals surface area contributed by atoms with Crippen molar-refractivity contribution in [2.24, 2.45) is 0 Å². The van der Waals surface area contributed by atoms with Gasteiger partial charge in [0.25, 0.3) is 5.56 Å². The summed E-state index contributed by atoms with van der Waals surface area (Å²) in [6, 6.07) is 11.0. The lowest BCUT2D eigenvalue weighted by Crippen LogP contribution is -2.34. The first-order valence-electron chi connectivity index (χ1n) is 9.04. The molecule has 0 radical (unpaired) electrons. The van der Waals surface area contributed by atoms with Crippen LogP contribution in [-0.2, 0) is 6.54 Å². The maximum atomic E-state index is 12.8. The molecule has 3 aromatic heterocycles. The molecule has 12 heteroatoms. The summed E-state index contributed by atoms with van der Waals surface area (Å²) in [5.74, 6) is 0.194. The molecule has 158 valence electrons. The van der Waals surface area contributed by atoms with E-state index in [1.165, 1.54) is 23.5 Å². The molecule has 0 bridgehead atoms. The minimum Gasteiger partial charge on any atom is -0.388 e. The average Bonchev–Trinajstić information content (AvgIpc) is 3.18. The molecule has 0 unspecified atom stereocenters. The van der Waals surface area contributed by atoms with Crippen LogP contribution in [0.25, 0.3) is 16.7 Å². The smallest absolute Gasteiger partial charge is 0.334 e. The first-order valence-corrected chi connectivity index (χ1v) is 10.2. The molecule has 31 heavy (non-hydrogen) atoms. The molecule has 0 aliphatic heterocycles. The molecule has 1 aromatic carbocycles. The van der Waals surface area contributed by atoms with Gasteiger partial charge in [-0.1, -0.05) is 11.6 Å². The third kappa shape index (κ3) is 4.42. The molecule has 0 aliphatic rings. The van der Waals surface area contributed by atoms with E-state index in [1.54, 1.807) is 31.3 Å². The number of aromatic amines is 1. The van der Waals surface area contributed by atoms with Gasteiger partial charge < -0.3 is 15.6 Å². The maximum absolute atomic E-state index is 12.8. The zero-order valence-electron chi connectivity index (χ0n) is 16.1. The lowest BCUT2D eigenvalue weighted by atomic mass is 10.2. The van der Waals surface area contributed by atoms with Gasteiger partial charge in [-0.3, -0.25) is 10.1 Å². The summed E-state index contributed by atoms with van der Waals surface area (Å²) in [6.45, 7) is 0.311. The van der Waals surface area contributed by atoms with E-state index in [0.717, 1.165) is 15.1 Å². The summed E-state index contributed by atoms with van der Waals surface area (Å²) >= 11 is 7.23. The zero-order valence-corrected chi connectivity index (χ0v) is 17.7. The number of urea groups is 1. The van der Waals surface area contributed by atoms with Crippen LogP contribution in [0.4, 0.5) is 16.3 Å². The van der Waals surface area contributed by atoms with Gasteiger partial charge in [0.2, 0.25) is 0 Å². The summed E-state index contributed by atoms with van der Waals surface area (Å²) in [7, 11) is 1.74. The lowest BCUT2D eigenvalue weighted by Gasteiger charge is -2.08. The van der Waals surface area contributed by atoms with Crippen molar-refractivity contribution in [2.75, 3.05) is 17.7 Å². The van der Waals surface area contributed by atoms with E-state index in [4.69, 9.17) is 11.6 Å². The van der Waals surface area contributed by atoms with Crippen LogP contribution in [0.5, 0.6) is 0 Å². The molecule has 0 spiro atoms. The average molecular weight is 458 g/mol. The Bertz CT molecular complexity index is 1380. The second-order valence-corrected chi connectivity index (χ2v) is 8.17. The van der Waals surface area contributed by atoms with Gasteiger partial charge in [0.05, 0.1) is 21.8 Å². The number of nitrogens with one attached hydrogen (secondary N) is 4.